The average Bonchev–Trinajstić information content (AvgIpc) is 3.42. The third-order valence-electron chi connectivity index (χ3n) is 9.94. The molecule has 0 unspecified atom stereocenters. The van der Waals surface area contributed by atoms with E-state index in [0.717, 1.165) is 27.8 Å². The minimum absolute atomic E-state index is 0.671. The minimum atomic E-state index is -2.11. The van der Waals surface area contributed by atoms with E-state index in [1.807, 2.05) is 12.1 Å². The molecule has 232 valence electrons. The summed E-state index contributed by atoms with van der Waals surface area (Å²) in [6.07, 6.45) is 0. The van der Waals surface area contributed by atoms with Crippen molar-refractivity contribution in [2.75, 3.05) is 0 Å². The first-order chi connectivity index (χ1) is 24.0. The summed E-state index contributed by atoms with van der Waals surface area (Å²) in [5.41, 5.74) is 10.4. The van der Waals surface area contributed by atoms with E-state index in [9.17, 15) is 0 Å². The van der Waals surface area contributed by atoms with Crippen LogP contribution >= 0.6 is 0 Å². The van der Waals surface area contributed by atoms with Gasteiger partial charge in [0.15, 0.2) is 17.5 Å². The van der Waals surface area contributed by atoms with Gasteiger partial charge in [-0.2, -0.15) is 0 Å². The predicted molar refractivity (Wildman–Crippen MR) is 207 cm³/mol. The maximum atomic E-state index is 5.24. The van der Waals surface area contributed by atoms with Crippen LogP contribution in [0.5, 0.6) is 0 Å². The van der Waals surface area contributed by atoms with Crippen molar-refractivity contribution >= 4 is 29.2 Å². The van der Waals surface area contributed by atoms with Gasteiger partial charge in [-0.05, 0) is 54.5 Å². The van der Waals surface area contributed by atoms with E-state index in [-0.39, 0.29) is 0 Å². The maximum Gasteiger partial charge on any atom is 0.164 e. The second-order valence-electron chi connectivity index (χ2n) is 13.3. The predicted octanol–water partition coefficient (Wildman–Crippen LogP) is 10.2. The van der Waals surface area contributed by atoms with Crippen LogP contribution in [0.2, 0.25) is 13.1 Å². The fourth-order valence-electron chi connectivity index (χ4n) is 7.48. The molecular weight excluding hydrogens is 611 g/mol. The molecule has 0 fully saturated rings. The highest BCUT2D eigenvalue weighted by atomic mass is 28.3. The highest BCUT2D eigenvalue weighted by Crippen LogP contribution is 2.37. The summed E-state index contributed by atoms with van der Waals surface area (Å²) in [5, 5.41) is 5.44. The van der Waals surface area contributed by atoms with Crippen LogP contribution in [0.15, 0.2) is 164 Å². The molecule has 1 aromatic heterocycles. The smallest absolute Gasteiger partial charge is 0.164 e. The first-order valence-electron chi connectivity index (χ1n) is 16.8. The summed E-state index contributed by atoms with van der Waals surface area (Å²) in [4.78, 5) is 15.6. The Kier molecular flexibility index (Phi) is 6.92. The lowest BCUT2D eigenvalue weighted by atomic mass is 9.97. The molecule has 4 heteroatoms. The molecule has 0 spiro atoms. The van der Waals surface area contributed by atoms with Crippen molar-refractivity contribution < 1.29 is 0 Å². The van der Waals surface area contributed by atoms with Crippen molar-refractivity contribution in [3.05, 3.63) is 164 Å². The molecule has 2 heterocycles. The molecular formula is C45H33N3Si. The molecule has 0 atom stereocenters. The van der Waals surface area contributed by atoms with Crippen molar-refractivity contribution in [3.63, 3.8) is 0 Å². The number of hydrogen-bond acceptors (Lipinski definition) is 3. The van der Waals surface area contributed by atoms with Gasteiger partial charge >= 0.3 is 0 Å². The Bertz CT molecular complexity index is 2390. The molecule has 0 N–H and O–H groups in total. The molecule has 0 bridgehead atoms. The maximum absolute atomic E-state index is 5.24. The molecule has 8 aromatic rings. The summed E-state index contributed by atoms with van der Waals surface area (Å²) in [5.74, 6) is 2.06. The molecule has 0 aliphatic carbocycles. The van der Waals surface area contributed by atoms with Gasteiger partial charge in [0.05, 0.1) is 0 Å². The zero-order valence-electron chi connectivity index (χ0n) is 27.4. The monoisotopic (exact) mass is 643 g/mol. The van der Waals surface area contributed by atoms with Gasteiger partial charge in [-0.25, -0.2) is 15.0 Å². The molecule has 49 heavy (non-hydrogen) atoms. The van der Waals surface area contributed by atoms with E-state index < -0.39 is 8.07 Å². The van der Waals surface area contributed by atoms with Crippen LogP contribution in [0.3, 0.4) is 0 Å². The summed E-state index contributed by atoms with van der Waals surface area (Å²) < 4.78 is 0. The van der Waals surface area contributed by atoms with Crippen LogP contribution in [-0.4, -0.2) is 23.0 Å². The van der Waals surface area contributed by atoms with Crippen LogP contribution in [0.1, 0.15) is 0 Å². The van der Waals surface area contributed by atoms with Crippen molar-refractivity contribution in [2.24, 2.45) is 0 Å². The van der Waals surface area contributed by atoms with E-state index >= 15 is 0 Å². The number of fused-ring (bicyclic) bond motifs is 5. The largest absolute Gasteiger partial charge is 0.208 e. The number of nitrogens with zero attached hydrogens (tertiary/aromatic N) is 3. The third-order valence-corrected chi connectivity index (χ3v) is 13.5. The van der Waals surface area contributed by atoms with Gasteiger partial charge < -0.3 is 0 Å². The Morgan fingerprint density at radius 2 is 0.837 bits per heavy atom. The molecule has 0 saturated heterocycles. The van der Waals surface area contributed by atoms with Gasteiger partial charge in [-0.3, -0.25) is 0 Å². The molecule has 3 nitrogen and oxygen atoms in total. The Morgan fingerprint density at radius 1 is 0.367 bits per heavy atom. The van der Waals surface area contributed by atoms with Gasteiger partial charge in [0.1, 0.15) is 8.07 Å². The van der Waals surface area contributed by atoms with Crippen LogP contribution in [0, 0.1) is 0 Å². The van der Waals surface area contributed by atoms with Crippen molar-refractivity contribution in [2.45, 2.75) is 13.1 Å². The van der Waals surface area contributed by atoms with E-state index in [0.29, 0.717) is 17.5 Å². The van der Waals surface area contributed by atoms with Crippen LogP contribution in [-0.2, 0) is 0 Å². The Hall–Kier alpha value is -5.97. The summed E-state index contributed by atoms with van der Waals surface area (Å²) in [6, 6.07) is 58.1. The van der Waals surface area contributed by atoms with Gasteiger partial charge in [0.2, 0.25) is 0 Å². The first kappa shape index (κ1) is 29.2. The van der Waals surface area contributed by atoms with Crippen LogP contribution in [0.25, 0.3) is 78.3 Å². The van der Waals surface area contributed by atoms with Gasteiger partial charge in [0.25, 0.3) is 0 Å². The van der Waals surface area contributed by atoms with Crippen LogP contribution < -0.4 is 10.4 Å². The zero-order chi connectivity index (χ0) is 33.0. The number of rotatable bonds is 5. The topological polar surface area (TPSA) is 38.7 Å². The lowest BCUT2D eigenvalue weighted by Crippen LogP contribution is -2.50. The molecule has 0 saturated carbocycles. The number of benzene rings is 7. The highest BCUT2D eigenvalue weighted by molar-refractivity contribution is 7.04. The Balaban J connectivity index is 1.22. The normalized spacial score (nSPS) is 12.9. The lowest BCUT2D eigenvalue weighted by Gasteiger charge is -2.22. The fourth-order valence-corrected chi connectivity index (χ4v) is 10.9. The number of hydrogen-bond donors (Lipinski definition) is 0. The summed E-state index contributed by atoms with van der Waals surface area (Å²) in [6.45, 7) is 4.92. The fraction of sp³-hybridized carbons (Fsp3) is 0.0444. The molecule has 0 amide bonds. The quantitative estimate of drug-likeness (QED) is 0.175. The lowest BCUT2D eigenvalue weighted by molar-refractivity contribution is 1.08. The zero-order valence-corrected chi connectivity index (χ0v) is 28.4. The molecule has 0 radical (unpaired) electrons. The van der Waals surface area contributed by atoms with Gasteiger partial charge in [-0.1, -0.05) is 177 Å². The standard InChI is InChI=1S/C45H33N3Si/c1-49(2)40-29-28-34-16-9-10-17-37(34)41(40)38-18-11-19-39(42(38)49)45-47-43(35-24-20-32(21-25-35)30-12-5-3-6-13-30)46-44(48-45)36-26-22-33(23-27-36)31-14-7-4-8-15-31/h3-29H,1-2H3. The molecule has 1 aliphatic rings. The van der Waals surface area contributed by atoms with E-state index in [2.05, 4.69) is 165 Å². The van der Waals surface area contributed by atoms with Gasteiger partial charge in [0, 0.05) is 16.7 Å². The Labute approximate surface area is 287 Å². The summed E-state index contributed by atoms with van der Waals surface area (Å²) in [7, 11) is -2.11. The van der Waals surface area contributed by atoms with Crippen molar-refractivity contribution in [1.29, 1.82) is 0 Å². The minimum Gasteiger partial charge on any atom is -0.208 e. The van der Waals surface area contributed by atoms with E-state index in [4.69, 9.17) is 15.0 Å². The molecule has 9 rings (SSSR count). The average molecular weight is 644 g/mol. The molecule has 1 aliphatic heterocycles. The van der Waals surface area contributed by atoms with Crippen molar-refractivity contribution in [3.8, 4) is 67.5 Å². The Morgan fingerprint density at radius 3 is 1.43 bits per heavy atom. The van der Waals surface area contributed by atoms with Gasteiger partial charge in [-0.15, -0.1) is 0 Å². The summed E-state index contributed by atoms with van der Waals surface area (Å²) >= 11 is 0. The second kappa shape index (κ2) is 11.6. The van der Waals surface area contributed by atoms with E-state index in [1.165, 1.54) is 43.4 Å². The van der Waals surface area contributed by atoms with Crippen LogP contribution in [0.4, 0.5) is 0 Å². The molecule has 7 aromatic carbocycles. The van der Waals surface area contributed by atoms with Crippen molar-refractivity contribution in [1.82, 2.24) is 15.0 Å². The van der Waals surface area contributed by atoms with E-state index in [1.54, 1.807) is 0 Å². The third kappa shape index (κ3) is 5.00. The first-order valence-corrected chi connectivity index (χ1v) is 19.8. The second-order valence-corrected chi connectivity index (χ2v) is 17.5. The number of aromatic nitrogens is 3. The highest BCUT2D eigenvalue weighted by Gasteiger charge is 2.40. The SMILES string of the molecule is C[Si]1(C)c2ccc3ccccc3c2-c2cccc(-c3nc(-c4ccc(-c5ccccc5)cc4)nc(-c4ccc(-c5ccccc5)cc4)n3)c21.